The van der Waals surface area contributed by atoms with Gasteiger partial charge in [0.25, 0.3) is 5.91 Å². The number of amides is 3. The number of anilines is 5. The normalized spacial score (nSPS) is 11.2. The first-order chi connectivity index (χ1) is 22.9. The van der Waals surface area contributed by atoms with Crippen molar-refractivity contribution in [3.8, 4) is 0 Å². The Bertz CT molecular complexity index is 1750. The summed E-state index contributed by atoms with van der Waals surface area (Å²) in [5.41, 5.74) is 2.51. The van der Waals surface area contributed by atoms with Crippen LogP contribution in [0.3, 0.4) is 0 Å². The molecule has 0 saturated carbocycles. The van der Waals surface area contributed by atoms with Crippen LogP contribution in [0.5, 0.6) is 0 Å². The molecule has 0 saturated heterocycles. The SMILES string of the molecule is C=CC(=O)NC(CO)C(=O)Nc1cccc(Nc2ncc(NC(=O)c3cc(NCc4cccc(C(F)(F)F)c4)ccc3C)cn2)c1.C=O. The van der Waals surface area contributed by atoms with E-state index in [-0.39, 0.29) is 12.5 Å². The molecule has 4 rings (SSSR count). The number of alkyl halides is 3. The number of hydrogen-bond acceptors (Lipinski definition) is 9. The van der Waals surface area contributed by atoms with Crippen LogP contribution in [0, 0.1) is 6.92 Å². The first-order valence-corrected chi connectivity index (χ1v) is 14.1. The molecule has 3 aromatic carbocycles. The van der Waals surface area contributed by atoms with Crippen molar-refractivity contribution >= 4 is 53.2 Å². The Labute approximate surface area is 273 Å². The Morgan fingerprint density at radius 2 is 1.58 bits per heavy atom. The lowest BCUT2D eigenvalue weighted by Gasteiger charge is -2.15. The summed E-state index contributed by atoms with van der Waals surface area (Å²) < 4.78 is 39.1. The number of aromatic nitrogens is 2. The molecule has 1 atom stereocenters. The molecule has 0 aliphatic rings. The zero-order valence-corrected chi connectivity index (χ0v) is 25.6. The molecular formula is C33H32F3N7O5. The fourth-order valence-corrected chi connectivity index (χ4v) is 4.15. The molecule has 0 radical (unpaired) electrons. The summed E-state index contributed by atoms with van der Waals surface area (Å²) in [6, 6.07) is 15.5. The maximum Gasteiger partial charge on any atom is 0.416 e. The Morgan fingerprint density at radius 1 is 0.896 bits per heavy atom. The number of hydrogen-bond donors (Lipinski definition) is 6. The first-order valence-electron chi connectivity index (χ1n) is 14.1. The van der Waals surface area contributed by atoms with Crippen molar-refractivity contribution in [2.75, 3.05) is 27.9 Å². The molecule has 6 N–H and O–H groups in total. The molecule has 4 aromatic rings. The van der Waals surface area contributed by atoms with Crippen molar-refractivity contribution in [3.63, 3.8) is 0 Å². The highest BCUT2D eigenvalue weighted by Crippen LogP contribution is 2.30. The Kier molecular flexibility index (Phi) is 12.9. The average Bonchev–Trinajstić information content (AvgIpc) is 3.08. The molecule has 0 spiro atoms. The number of carbonyl (C=O) groups is 4. The number of aliphatic hydroxyl groups excluding tert-OH is 1. The van der Waals surface area contributed by atoms with Gasteiger partial charge in [-0.05, 0) is 66.6 Å². The molecule has 0 fully saturated rings. The van der Waals surface area contributed by atoms with Crippen molar-refractivity contribution in [2.24, 2.45) is 0 Å². The predicted octanol–water partition coefficient (Wildman–Crippen LogP) is 4.83. The number of aliphatic hydroxyl groups is 1. The number of carbonyl (C=O) groups excluding carboxylic acids is 4. The molecule has 48 heavy (non-hydrogen) atoms. The van der Waals surface area contributed by atoms with Gasteiger partial charge < -0.3 is 36.5 Å². The van der Waals surface area contributed by atoms with Crippen LogP contribution in [0.25, 0.3) is 0 Å². The lowest BCUT2D eigenvalue weighted by atomic mass is 10.1. The van der Waals surface area contributed by atoms with Crippen molar-refractivity contribution in [1.29, 1.82) is 0 Å². The minimum Gasteiger partial charge on any atom is -0.394 e. The van der Waals surface area contributed by atoms with Gasteiger partial charge >= 0.3 is 6.18 Å². The third-order valence-electron chi connectivity index (χ3n) is 6.53. The van der Waals surface area contributed by atoms with Crippen molar-refractivity contribution in [1.82, 2.24) is 15.3 Å². The molecular weight excluding hydrogens is 631 g/mol. The zero-order chi connectivity index (χ0) is 35.3. The lowest BCUT2D eigenvalue weighted by molar-refractivity contribution is -0.137. The van der Waals surface area contributed by atoms with Gasteiger partial charge in [0.2, 0.25) is 17.8 Å². The van der Waals surface area contributed by atoms with Crippen molar-refractivity contribution in [2.45, 2.75) is 25.7 Å². The monoisotopic (exact) mass is 663 g/mol. The van der Waals surface area contributed by atoms with E-state index in [1.807, 2.05) is 6.79 Å². The van der Waals surface area contributed by atoms with E-state index in [0.29, 0.717) is 39.4 Å². The van der Waals surface area contributed by atoms with E-state index >= 15 is 0 Å². The maximum absolute atomic E-state index is 13.1. The second kappa shape index (κ2) is 17.0. The highest BCUT2D eigenvalue weighted by molar-refractivity contribution is 6.05. The smallest absolute Gasteiger partial charge is 0.394 e. The van der Waals surface area contributed by atoms with Crippen LogP contribution in [0.15, 0.2) is 91.8 Å². The quantitative estimate of drug-likeness (QED) is 0.116. The van der Waals surface area contributed by atoms with Gasteiger partial charge in [0.1, 0.15) is 12.8 Å². The zero-order valence-electron chi connectivity index (χ0n) is 25.6. The molecule has 1 aromatic heterocycles. The summed E-state index contributed by atoms with van der Waals surface area (Å²) in [6.45, 7) is 6.59. The van der Waals surface area contributed by atoms with E-state index in [9.17, 15) is 32.7 Å². The highest BCUT2D eigenvalue weighted by Gasteiger charge is 2.30. The topological polar surface area (TPSA) is 174 Å². The summed E-state index contributed by atoms with van der Waals surface area (Å²) in [7, 11) is 0. The number of benzene rings is 3. The first kappa shape index (κ1) is 36.4. The van der Waals surface area contributed by atoms with Gasteiger partial charge in [-0.2, -0.15) is 13.2 Å². The van der Waals surface area contributed by atoms with E-state index in [0.717, 1.165) is 18.2 Å². The van der Waals surface area contributed by atoms with Crippen LogP contribution in [0.1, 0.15) is 27.0 Å². The molecule has 0 aliphatic heterocycles. The molecule has 0 aliphatic carbocycles. The third kappa shape index (κ3) is 10.5. The highest BCUT2D eigenvalue weighted by atomic mass is 19.4. The fraction of sp³-hybridized carbons (Fsp3) is 0.152. The van der Waals surface area contributed by atoms with E-state index in [1.54, 1.807) is 55.5 Å². The number of nitrogens with one attached hydrogen (secondary N) is 5. The van der Waals surface area contributed by atoms with E-state index in [4.69, 9.17) is 4.79 Å². The summed E-state index contributed by atoms with van der Waals surface area (Å²) >= 11 is 0. The van der Waals surface area contributed by atoms with Crippen molar-refractivity contribution in [3.05, 3.63) is 114 Å². The van der Waals surface area contributed by atoms with Gasteiger partial charge in [-0.25, -0.2) is 9.97 Å². The van der Waals surface area contributed by atoms with Crippen LogP contribution in [0.4, 0.5) is 41.9 Å². The average molecular weight is 664 g/mol. The Morgan fingerprint density at radius 3 is 2.25 bits per heavy atom. The Balaban J connectivity index is 0.00000307. The van der Waals surface area contributed by atoms with Gasteiger partial charge in [-0.3, -0.25) is 14.4 Å². The molecule has 1 heterocycles. The van der Waals surface area contributed by atoms with Crippen LogP contribution in [-0.2, 0) is 27.1 Å². The third-order valence-corrected chi connectivity index (χ3v) is 6.53. The van der Waals surface area contributed by atoms with Crippen LogP contribution in [-0.4, -0.2) is 52.2 Å². The molecule has 15 heteroatoms. The van der Waals surface area contributed by atoms with E-state index in [1.165, 1.54) is 18.5 Å². The van der Waals surface area contributed by atoms with Gasteiger partial charge in [-0.1, -0.05) is 30.8 Å². The number of nitrogens with zero attached hydrogens (tertiary/aromatic N) is 2. The van der Waals surface area contributed by atoms with Gasteiger partial charge in [0, 0.05) is 29.2 Å². The Hall–Kier alpha value is -6.09. The maximum atomic E-state index is 13.1. The second-order valence-corrected chi connectivity index (χ2v) is 9.97. The number of halogens is 3. The molecule has 3 amide bonds. The summed E-state index contributed by atoms with van der Waals surface area (Å²) in [5.74, 6) is -1.46. The largest absolute Gasteiger partial charge is 0.416 e. The van der Waals surface area contributed by atoms with Gasteiger partial charge in [0.15, 0.2) is 0 Å². The fourth-order valence-electron chi connectivity index (χ4n) is 4.15. The second-order valence-electron chi connectivity index (χ2n) is 9.97. The molecule has 1 unspecified atom stereocenters. The van der Waals surface area contributed by atoms with E-state index < -0.39 is 42.1 Å². The summed E-state index contributed by atoms with van der Waals surface area (Å²) in [4.78, 5) is 53.4. The van der Waals surface area contributed by atoms with Crippen LogP contribution < -0.4 is 26.6 Å². The standard InChI is InChI=1S/C32H30F3N7O4.CH2O/c1-3-28(44)42-27(18-43)30(46)39-23-8-5-9-24(13-23)41-31-37-16-25(17-38-31)40-29(45)26-14-22(11-10-19(26)2)36-15-20-6-4-7-21(12-20)32(33,34)35;1-2/h3-14,16-17,27,36,43H,1,15,18H2,2H3,(H,39,46)(H,40,45)(H,42,44)(H,37,38,41);1H2. The van der Waals surface area contributed by atoms with Crippen LogP contribution >= 0.6 is 0 Å². The lowest BCUT2D eigenvalue weighted by Crippen LogP contribution is -2.45. The van der Waals surface area contributed by atoms with Crippen molar-refractivity contribution < 1.29 is 37.5 Å². The molecule has 12 nitrogen and oxygen atoms in total. The van der Waals surface area contributed by atoms with Gasteiger partial charge in [-0.15, -0.1) is 0 Å². The van der Waals surface area contributed by atoms with E-state index in [2.05, 4.69) is 43.1 Å². The van der Waals surface area contributed by atoms with Crippen LogP contribution in [0.2, 0.25) is 0 Å². The summed E-state index contributed by atoms with van der Waals surface area (Å²) in [5, 5.41) is 23.1. The summed E-state index contributed by atoms with van der Waals surface area (Å²) in [6.07, 6.45) is -0.646. The van der Waals surface area contributed by atoms with Gasteiger partial charge in [0.05, 0.1) is 30.3 Å². The molecule has 250 valence electrons. The molecule has 0 bridgehead atoms. The number of rotatable bonds is 12. The number of aryl methyl sites for hydroxylation is 1. The minimum atomic E-state index is -4.44. The minimum absolute atomic E-state index is 0.128. The predicted molar refractivity (Wildman–Crippen MR) is 175 cm³/mol.